The van der Waals surface area contributed by atoms with Crippen molar-refractivity contribution in [2.75, 3.05) is 31.1 Å². The van der Waals surface area contributed by atoms with Crippen LogP contribution >= 0.6 is 24.0 Å². The second-order valence-corrected chi connectivity index (χ2v) is 7.87. The Morgan fingerprint density at radius 2 is 2.00 bits per heavy atom. The highest BCUT2D eigenvalue weighted by Gasteiger charge is 2.27. The number of rotatable bonds is 7. The van der Waals surface area contributed by atoms with E-state index in [1.54, 1.807) is 6.92 Å². The van der Waals surface area contributed by atoms with Gasteiger partial charge in [0.05, 0.1) is 13.1 Å². The van der Waals surface area contributed by atoms with Gasteiger partial charge in [0.25, 0.3) is 0 Å². The summed E-state index contributed by atoms with van der Waals surface area (Å²) in [5.74, 6) is 3.24. The first-order chi connectivity index (χ1) is 13.9. The zero-order chi connectivity index (χ0) is 20.9. The van der Waals surface area contributed by atoms with Crippen molar-refractivity contribution in [3.8, 4) is 0 Å². The van der Waals surface area contributed by atoms with E-state index in [1.807, 2.05) is 39.1 Å². The van der Waals surface area contributed by atoms with Crippen molar-refractivity contribution in [3.05, 3.63) is 47.0 Å². The van der Waals surface area contributed by atoms with Gasteiger partial charge in [-0.1, -0.05) is 0 Å². The van der Waals surface area contributed by atoms with E-state index in [0.717, 1.165) is 48.1 Å². The molecule has 7 nitrogen and oxygen atoms in total. The molecule has 3 heterocycles. The molecule has 0 radical (unpaired) electrons. The molecule has 1 saturated heterocycles. The van der Waals surface area contributed by atoms with Gasteiger partial charge in [0.1, 0.15) is 22.9 Å². The molecule has 1 aliphatic rings. The fraction of sp³-hybridized carbons (Fsp3) is 0.545. The number of halogens is 1. The van der Waals surface area contributed by atoms with Crippen LogP contribution in [0.4, 0.5) is 5.82 Å². The summed E-state index contributed by atoms with van der Waals surface area (Å²) in [5.41, 5.74) is 0.854. The molecule has 0 spiro atoms. The SMILES string of the molecule is CCNC(=NCc1ccnc(N2CCCC2)c1)NCC(C)(O)c1cc(C)oc1C.I. The number of hydrogen-bond acceptors (Lipinski definition) is 5. The van der Waals surface area contributed by atoms with Crippen LogP contribution in [0.3, 0.4) is 0 Å². The average molecular weight is 527 g/mol. The highest BCUT2D eigenvalue weighted by atomic mass is 127. The highest BCUT2D eigenvalue weighted by molar-refractivity contribution is 14.0. The highest BCUT2D eigenvalue weighted by Crippen LogP contribution is 2.26. The summed E-state index contributed by atoms with van der Waals surface area (Å²) in [6, 6.07) is 6.00. The van der Waals surface area contributed by atoms with Crippen molar-refractivity contribution in [3.63, 3.8) is 0 Å². The van der Waals surface area contributed by atoms with E-state index >= 15 is 0 Å². The molecule has 0 bridgehead atoms. The maximum Gasteiger partial charge on any atom is 0.191 e. The third kappa shape index (κ3) is 6.34. The van der Waals surface area contributed by atoms with Gasteiger partial charge in [-0.05, 0) is 64.3 Å². The topological polar surface area (TPSA) is 85.9 Å². The Morgan fingerprint density at radius 3 is 2.63 bits per heavy atom. The molecule has 1 aliphatic heterocycles. The van der Waals surface area contributed by atoms with Crippen molar-refractivity contribution in [1.29, 1.82) is 0 Å². The molecule has 0 aliphatic carbocycles. The molecule has 30 heavy (non-hydrogen) atoms. The second kappa shape index (κ2) is 11.0. The van der Waals surface area contributed by atoms with E-state index in [-0.39, 0.29) is 24.0 Å². The molecule has 0 amide bonds. The maximum absolute atomic E-state index is 10.9. The normalized spacial score (nSPS) is 16.2. The Balaban J connectivity index is 0.00000320. The third-order valence-corrected chi connectivity index (χ3v) is 5.23. The fourth-order valence-electron chi connectivity index (χ4n) is 3.71. The standard InChI is InChI=1S/C22H33N5O2.HI/c1-5-23-21(26-15-22(4,28)19-12-16(2)29-17(19)3)25-14-18-8-9-24-20(13-18)27-10-6-7-11-27;/h8-9,12-13,28H,5-7,10-11,14-15H2,1-4H3,(H2,23,25,26);1H. The van der Waals surface area contributed by atoms with Crippen molar-refractivity contribution >= 4 is 35.8 Å². The van der Waals surface area contributed by atoms with Crippen LogP contribution in [0.2, 0.25) is 0 Å². The zero-order valence-electron chi connectivity index (χ0n) is 18.4. The Kier molecular flexibility index (Phi) is 8.96. The number of pyridine rings is 1. The number of anilines is 1. The van der Waals surface area contributed by atoms with Crippen LogP contribution in [0.1, 0.15) is 49.3 Å². The van der Waals surface area contributed by atoms with Crippen LogP contribution in [-0.2, 0) is 12.1 Å². The molecule has 3 rings (SSSR count). The van der Waals surface area contributed by atoms with Crippen molar-refractivity contribution in [2.45, 2.75) is 52.7 Å². The van der Waals surface area contributed by atoms with Crippen molar-refractivity contribution in [1.82, 2.24) is 15.6 Å². The maximum atomic E-state index is 10.9. The fourth-order valence-corrected chi connectivity index (χ4v) is 3.71. The second-order valence-electron chi connectivity index (χ2n) is 7.87. The molecular formula is C22H34IN5O2. The minimum absolute atomic E-state index is 0. The number of nitrogens with zero attached hydrogens (tertiary/aromatic N) is 3. The minimum atomic E-state index is -1.06. The van der Waals surface area contributed by atoms with Gasteiger partial charge in [0.2, 0.25) is 0 Å². The molecule has 2 aromatic rings. The number of nitrogens with one attached hydrogen (secondary N) is 2. The van der Waals surface area contributed by atoms with Gasteiger partial charge in [0, 0.05) is 31.4 Å². The summed E-state index contributed by atoms with van der Waals surface area (Å²) in [7, 11) is 0. The molecule has 0 aromatic carbocycles. The van der Waals surface area contributed by atoms with E-state index in [4.69, 9.17) is 4.42 Å². The summed E-state index contributed by atoms with van der Waals surface area (Å²) < 4.78 is 5.57. The van der Waals surface area contributed by atoms with Crippen molar-refractivity contribution < 1.29 is 9.52 Å². The first kappa shape index (κ1) is 24.5. The van der Waals surface area contributed by atoms with Gasteiger partial charge in [-0.15, -0.1) is 24.0 Å². The number of aliphatic hydroxyl groups is 1. The van der Waals surface area contributed by atoms with E-state index in [0.29, 0.717) is 19.0 Å². The Bertz CT molecular complexity index is 844. The molecule has 8 heteroatoms. The molecule has 2 aromatic heterocycles. The monoisotopic (exact) mass is 527 g/mol. The quantitative estimate of drug-likeness (QED) is 0.291. The lowest BCUT2D eigenvalue weighted by atomic mass is 9.96. The van der Waals surface area contributed by atoms with E-state index in [2.05, 4.69) is 31.6 Å². The number of aliphatic imine (C=N–C) groups is 1. The summed E-state index contributed by atoms with van der Waals surface area (Å²) in [4.78, 5) is 11.5. The smallest absolute Gasteiger partial charge is 0.191 e. The molecule has 1 unspecified atom stereocenters. The molecule has 0 saturated carbocycles. The van der Waals surface area contributed by atoms with Crippen molar-refractivity contribution in [2.24, 2.45) is 4.99 Å². The van der Waals surface area contributed by atoms with Gasteiger partial charge in [0.15, 0.2) is 5.96 Å². The summed E-state index contributed by atoms with van der Waals surface area (Å²) in [6.45, 7) is 11.3. The first-order valence-electron chi connectivity index (χ1n) is 10.4. The third-order valence-electron chi connectivity index (χ3n) is 5.23. The average Bonchev–Trinajstić information content (AvgIpc) is 3.34. The summed E-state index contributed by atoms with van der Waals surface area (Å²) >= 11 is 0. The summed E-state index contributed by atoms with van der Waals surface area (Å²) in [6.07, 6.45) is 4.32. The van der Waals surface area contributed by atoms with Gasteiger partial charge in [-0.2, -0.15) is 0 Å². The van der Waals surface area contributed by atoms with Crippen LogP contribution < -0.4 is 15.5 Å². The number of furan rings is 1. The minimum Gasteiger partial charge on any atom is -0.466 e. The Labute approximate surface area is 196 Å². The Hall–Kier alpha value is -1.81. The van der Waals surface area contributed by atoms with Gasteiger partial charge in [-0.3, -0.25) is 0 Å². The number of aryl methyl sites for hydroxylation is 2. The lowest BCUT2D eigenvalue weighted by molar-refractivity contribution is 0.0601. The first-order valence-corrected chi connectivity index (χ1v) is 10.4. The molecule has 166 valence electrons. The largest absolute Gasteiger partial charge is 0.466 e. The Morgan fingerprint density at radius 1 is 1.27 bits per heavy atom. The van der Waals surface area contributed by atoms with E-state index in [9.17, 15) is 5.11 Å². The molecule has 3 N–H and O–H groups in total. The molecule has 1 atom stereocenters. The van der Waals surface area contributed by atoms with Crippen LogP contribution in [0.25, 0.3) is 0 Å². The predicted octanol–water partition coefficient (Wildman–Crippen LogP) is 3.47. The number of aromatic nitrogens is 1. The molecule has 1 fully saturated rings. The number of hydrogen-bond donors (Lipinski definition) is 3. The summed E-state index contributed by atoms with van der Waals surface area (Å²) in [5, 5.41) is 17.4. The predicted molar refractivity (Wildman–Crippen MR) is 132 cm³/mol. The lowest BCUT2D eigenvalue weighted by Gasteiger charge is -2.24. The van der Waals surface area contributed by atoms with Crippen LogP contribution in [-0.4, -0.2) is 42.2 Å². The van der Waals surface area contributed by atoms with E-state index in [1.165, 1.54) is 12.8 Å². The van der Waals surface area contributed by atoms with Crippen LogP contribution in [0.5, 0.6) is 0 Å². The number of guanidine groups is 1. The van der Waals surface area contributed by atoms with E-state index < -0.39 is 5.60 Å². The van der Waals surface area contributed by atoms with Gasteiger partial charge < -0.3 is 25.1 Å². The van der Waals surface area contributed by atoms with Crippen LogP contribution in [0, 0.1) is 13.8 Å². The lowest BCUT2D eigenvalue weighted by Crippen LogP contribution is -2.44. The zero-order valence-corrected chi connectivity index (χ0v) is 20.7. The van der Waals surface area contributed by atoms with Gasteiger partial charge in [-0.25, -0.2) is 9.98 Å². The molecular weight excluding hydrogens is 493 g/mol. The van der Waals surface area contributed by atoms with Crippen LogP contribution in [0.15, 0.2) is 33.8 Å². The van der Waals surface area contributed by atoms with Gasteiger partial charge >= 0.3 is 0 Å².